The van der Waals surface area contributed by atoms with E-state index in [1.54, 1.807) is 6.20 Å². The van der Waals surface area contributed by atoms with E-state index in [1.165, 1.54) is 10.5 Å². The highest BCUT2D eigenvalue weighted by Crippen LogP contribution is 2.30. The molecule has 1 aliphatic heterocycles. The van der Waals surface area contributed by atoms with Crippen molar-refractivity contribution in [1.29, 1.82) is 0 Å². The van der Waals surface area contributed by atoms with Crippen LogP contribution >= 0.6 is 0 Å². The maximum absolute atomic E-state index is 12.0. The minimum atomic E-state index is -0.399. The first-order valence-electron chi connectivity index (χ1n) is 11.9. The first kappa shape index (κ1) is 27.6. The van der Waals surface area contributed by atoms with Crippen LogP contribution in [0.5, 0.6) is 5.75 Å². The first-order valence-corrected chi connectivity index (χ1v) is 11.9. The van der Waals surface area contributed by atoms with Gasteiger partial charge in [0, 0.05) is 0 Å². The Morgan fingerprint density at radius 1 is 1.06 bits per heavy atom. The van der Waals surface area contributed by atoms with E-state index in [4.69, 9.17) is 9.84 Å². The van der Waals surface area contributed by atoms with Crippen molar-refractivity contribution in [2.75, 3.05) is 19.8 Å². The summed E-state index contributed by atoms with van der Waals surface area (Å²) in [6.07, 6.45) is 1.74. The van der Waals surface area contributed by atoms with Crippen LogP contribution in [0.25, 0.3) is 11.3 Å². The third kappa shape index (κ3) is 7.68. The zero-order chi connectivity index (χ0) is 25.8. The van der Waals surface area contributed by atoms with Crippen LogP contribution in [0, 0.1) is 12.8 Å². The van der Waals surface area contributed by atoms with Crippen LogP contribution in [-0.4, -0.2) is 51.7 Å². The standard InChI is InChI=1S/C17H20N4O2.C8H10O2.C2H6/c1-10(2)15(21-14(22)9-19-17(21)23)16-18-8-13(20-16)12-6-4-11(3)5-7-12;9-6-7-10-8-4-2-1-3-5-8;1-2/h4-8,10,15H,9H2,1-3H3,(H,18,20)(H,19,23);1-5,9H,6-7H2;1-2H3. The number of aliphatic hydroxyl groups excluding tert-OH is 1. The molecule has 2 heterocycles. The van der Waals surface area contributed by atoms with Crippen LogP contribution in [0.15, 0.2) is 60.8 Å². The molecule has 0 saturated carbocycles. The Bertz CT molecular complexity index is 1030. The Hall–Kier alpha value is -3.65. The fourth-order valence-electron chi connectivity index (χ4n) is 3.50. The van der Waals surface area contributed by atoms with Crippen molar-refractivity contribution in [3.8, 4) is 17.0 Å². The van der Waals surface area contributed by atoms with Crippen LogP contribution in [0.1, 0.15) is 45.1 Å². The lowest BCUT2D eigenvalue weighted by Gasteiger charge is -2.26. The number of aromatic nitrogens is 2. The molecule has 0 radical (unpaired) electrons. The van der Waals surface area contributed by atoms with Gasteiger partial charge in [0.1, 0.15) is 24.2 Å². The summed E-state index contributed by atoms with van der Waals surface area (Å²) in [6.45, 7) is 10.5. The molecule has 1 atom stereocenters. The highest BCUT2D eigenvalue weighted by molar-refractivity contribution is 6.02. The number of nitrogens with one attached hydrogen (secondary N) is 2. The Morgan fingerprint density at radius 2 is 1.71 bits per heavy atom. The minimum absolute atomic E-state index is 0.0492. The minimum Gasteiger partial charge on any atom is -0.491 e. The number of benzene rings is 2. The van der Waals surface area contributed by atoms with Crippen molar-refractivity contribution < 1.29 is 19.4 Å². The number of carbonyl (C=O) groups excluding carboxylic acids is 2. The predicted octanol–water partition coefficient (Wildman–Crippen LogP) is 4.72. The number of hydrogen-bond donors (Lipinski definition) is 3. The lowest BCUT2D eigenvalue weighted by Crippen LogP contribution is -2.38. The van der Waals surface area contributed by atoms with Gasteiger partial charge in [-0.3, -0.25) is 9.69 Å². The van der Waals surface area contributed by atoms with Crippen LogP contribution in [0.2, 0.25) is 0 Å². The summed E-state index contributed by atoms with van der Waals surface area (Å²) >= 11 is 0. The maximum atomic E-state index is 12.0. The summed E-state index contributed by atoms with van der Waals surface area (Å²) in [4.78, 5) is 32.9. The van der Waals surface area contributed by atoms with Crippen molar-refractivity contribution in [3.05, 3.63) is 72.2 Å². The molecule has 4 rings (SSSR count). The molecule has 1 unspecified atom stereocenters. The van der Waals surface area contributed by atoms with Crippen LogP contribution in [0.3, 0.4) is 0 Å². The number of ether oxygens (including phenoxy) is 1. The van der Waals surface area contributed by atoms with Crippen LogP contribution in [0.4, 0.5) is 4.79 Å². The first-order chi connectivity index (χ1) is 16.9. The summed E-state index contributed by atoms with van der Waals surface area (Å²) in [6, 6.07) is 16.8. The van der Waals surface area contributed by atoms with Gasteiger partial charge >= 0.3 is 6.03 Å². The summed E-state index contributed by atoms with van der Waals surface area (Å²) < 4.78 is 5.11. The predicted molar refractivity (Wildman–Crippen MR) is 137 cm³/mol. The van der Waals surface area contributed by atoms with Crippen molar-refractivity contribution in [3.63, 3.8) is 0 Å². The molecule has 35 heavy (non-hydrogen) atoms. The number of aromatic amines is 1. The Morgan fingerprint density at radius 3 is 2.26 bits per heavy atom. The van der Waals surface area contributed by atoms with E-state index in [0.717, 1.165) is 17.0 Å². The van der Waals surface area contributed by atoms with Crippen molar-refractivity contribution >= 4 is 11.9 Å². The van der Waals surface area contributed by atoms with E-state index < -0.39 is 6.04 Å². The average molecular weight is 481 g/mol. The molecule has 1 fully saturated rings. The smallest absolute Gasteiger partial charge is 0.325 e. The highest BCUT2D eigenvalue weighted by atomic mass is 16.5. The van der Waals surface area contributed by atoms with E-state index in [0.29, 0.717) is 12.4 Å². The van der Waals surface area contributed by atoms with E-state index >= 15 is 0 Å². The normalized spacial score (nSPS) is 13.4. The molecule has 1 aromatic heterocycles. The van der Waals surface area contributed by atoms with Gasteiger partial charge < -0.3 is 20.1 Å². The quantitative estimate of drug-likeness (QED) is 0.424. The number of imide groups is 1. The van der Waals surface area contributed by atoms with Gasteiger partial charge in [-0.15, -0.1) is 0 Å². The van der Waals surface area contributed by atoms with Crippen LogP contribution < -0.4 is 10.1 Å². The number of aliphatic hydroxyl groups is 1. The molecule has 3 amide bonds. The Kier molecular flexibility index (Phi) is 11.0. The second-order valence-electron chi connectivity index (χ2n) is 8.04. The molecule has 8 nitrogen and oxygen atoms in total. The van der Waals surface area contributed by atoms with E-state index in [9.17, 15) is 9.59 Å². The molecule has 188 valence electrons. The number of H-pyrrole nitrogens is 1. The molecule has 0 bridgehead atoms. The van der Waals surface area contributed by atoms with Gasteiger partial charge in [-0.2, -0.15) is 0 Å². The lowest BCUT2D eigenvalue weighted by atomic mass is 10.0. The fraction of sp³-hybridized carbons (Fsp3) is 0.370. The number of rotatable bonds is 7. The van der Waals surface area contributed by atoms with E-state index in [2.05, 4.69) is 15.3 Å². The van der Waals surface area contributed by atoms with Gasteiger partial charge in [-0.05, 0) is 30.5 Å². The summed E-state index contributed by atoms with van der Waals surface area (Å²) in [7, 11) is 0. The van der Waals surface area contributed by atoms with Gasteiger partial charge in [0.05, 0.1) is 25.0 Å². The number of hydrogen-bond acceptors (Lipinski definition) is 5. The number of nitrogens with zero attached hydrogens (tertiary/aromatic N) is 2. The monoisotopic (exact) mass is 480 g/mol. The van der Waals surface area contributed by atoms with Crippen LogP contribution in [-0.2, 0) is 4.79 Å². The zero-order valence-corrected chi connectivity index (χ0v) is 21.1. The Balaban J connectivity index is 0.000000302. The number of aryl methyl sites for hydroxylation is 1. The lowest BCUT2D eigenvalue weighted by molar-refractivity contribution is -0.127. The van der Waals surface area contributed by atoms with Gasteiger partial charge in [-0.25, -0.2) is 9.78 Å². The number of imidazole rings is 1. The maximum Gasteiger partial charge on any atom is 0.325 e. The topological polar surface area (TPSA) is 108 Å². The molecule has 1 aliphatic rings. The third-order valence-corrected chi connectivity index (χ3v) is 5.13. The number of amides is 3. The fourth-order valence-corrected chi connectivity index (χ4v) is 3.50. The molecular formula is C27H36N4O4. The van der Waals surface area contributed by atoms with Crippen molar-refractivity contribution in [2.45, 2.75) is 40.7 Å². The van der Waals surface area contributed by atoms with Gasteiger partial charge in [0.2, 0.25) is 0 Å². The summed E-state index contributed by atoms with van der Waals surface area (Å²) in [5.74, 6) is 1.26. The molecule has 8 heteroatoms. The van der Waals surface area contributed by atoms with Crippen molar-refractivity contribution in [1.82, 2.24) is 20.2 Å². The SMILES string of the molecule is CC.Cc1ccc(-c2cnc(C(C(C)C)N3C(=O)CNC3=O)[nH]2)cc1.OCCOc1ccccc1. The summed E-state index contributed by atoms with van der Waals surface area (Å²) in [5.41, 5.74) is 3.08. The third-order valence-electron chi connectivity index (χ3n) is 5.13. The Labute approximate surface area is 207 Å². The summed E-state index contributed by atoms with van der Waals surface area (Å²) in [5, 5.41) is 11.0. The highest BCUT2D eigenvalue weighted by Gasteiger charge is 2.38. The molecule has 3 aromatic rings. The number of para-hydroxylation sites is 1. The van der Waals surface area contributed by atoms with Gasteiger partial charge in [0.25, 0.3) is 5.91 Å². The van der Waals surface area contributed by atoms with Gasteiger partial charge in [0.15, 0.2) is 0 Å². The molecule has 0 aliphatic carbocycles. The largest absolute Gasteiger partial charge is 0.491 e. The van der Waals surface area contributed by atoms with E-state index in [1.807, 2.05) is 89.2 Å². The molecule has 0 spiro atoms. The van der Waals surface area contributed by atoms with E-state index in [-0.39, 0.29) is 31.0 Å². The second-order valence-corrected chi connectivity index (χ2v) is 8.04. The number of carbonyl (C=O) groups is 2. The second kappa shape index (κ2) is 13.9. The number of urea groups is 1. The molecular weight excluding hydrogens is 444 g/mol. The van der Waals surface area contributed by atoms with Crippen molar-refractivity contribution in [2.24, 2.45) is 5.92 Å². The average Bonchev–Trinajstić information content (AvgIpc) is 3.48. The molecule has 2 aromatic carbocycles. The molecule has 3 N–H and O–H groups in total. The molecule has 1 saturated heterocycles. The van der Waals surface area contributed by atoms with Gasteiger partial charge in [-0.1, -0.05) is 75.7 Å². The zero-order valence-electron chi connectivity index (χ0n) is 21.1.